The highest BCUT2D eigenvalue weighted by Gasteiger charge is 2.26. The molecule has 0 saturated heterocycles. The van der Waals surface area contributed by atoms with E-state index in [9.17, 15) is 0 Å². The number of hydrogen-bond acceptors (Lipinski definition) is 2. The van der Waals surface area contributed by atoms with Crippen LogP contribution < -0.4 is 5.32 Å². The number of nitriles is 1. The average molecular weight is 269 g/mol. The van der Waals surface area contributed by atoms with E-state index in [0.717, 1.165) is 24.8 Å². The summed E-state index contributed by atoms with van der Waals surface area (Å²) in [6, 6.07) is 8.13. The highest BCUT2D eigenvalue weighted by atomic mass is 35.5. The van der Waals surface area contributed by atoms with Gasteiger partial charge in [0.2, 0.25) is 0 Å². The summed E-state index contributed by atoms with van der Waals surface area (Å²) in [6.07, 6.45) is 3.16. The van der Waals surface area contributed by atoms with Gasteiger partial charge in [0.05, 0.1) is 12.0 Å². The maximum atomic E-state index is 9.00. The third kappa shape index (κ3) is 2.93. The minimum atomic E-state index is 0.122. The smallest absolute Gasteiger partial charge is 0.0672 e. The number of rotatable bonds is 3. The van der Waals surface area contributed by atoms with E-state index in [0.29, 0.717) is 16.6 Å². The highest BCUT2D eigenvalue weighted by molar-refractivity contribution is 6.35. The Hall–Kier alpha value is -0.750. The normalized spacial score (nSPS) is 23.6. The van der Waals surface area contributed by atoms with Crippen molar-refractivity contribution in [2.75, 3.05) is 0 Å². The molecular formula is C13H14Cl2N2. The predicted octanol–water partition coefficient (Wildman–Crippen LogP) is 3.78. The van der Waals surface area contributed by atoms with Crippen LogP contribution in [0.15, 0.2) is 18.2 Å². The van der Waals surface area contributed by atoms with E-state index < -0.39 is 0 Å². The van der Waals surface area contributed by atoms with E-state index in [1.165, 1.54) is 0 Å². The minimum Gasteiger partial charge on any atom is -0.309 e. The number of benzene rings is 1. The molecule has 1 aliphatic rings. The summed E-state index contributed by atoms with van der Waals surface area (Å²) in [4.78, 5) is 0. The third-order valence-electron chi connectivity index (χ3n) is 3.28. The molecule has 17 heavy (non-hydrogen) atoms. The average Bonchev–Trinajstić information content (AvgIpc) is 2.76. The van der Waals surface area contributed by atoms with Gasteiger partial charge < -0.3 is 5.32 Å². The largest absolute Gasteiger partial charge is 0.309 e. The van der Waals surface area contributed by atoms with Crippen LogP contribution in [-0.4, -0.2) is 6.04 Å². The summed E-state index contributed by atoms with van der Waals surface area (Å²) >= 11 is 12.2. The van der Waals surface area contributed by atoms with Gasteiger partial charge >= 0.3 is 0 Å². The van der Waals surface area contributed by atoms with Crippen molar-refractivity contribution >= 4 is 23.2 Å². The van der Waals surface area contributed by atoms with Crippen LogP contribution in [0.25, 0.3) is 0 Å². The standard InChI is InChI=1S/C13H14Cl2N2/c14-11-4-2-5-12(15)10(11)8-17-13-6-1-3-9(13)7-16/h2,4-5,9,13,17H,1,3,6,8H2. The molecule has 0 spiro atoms. The zero-order valence-corrected chi connectivity index (χ0v) is 10.9. The summed E-state index contributed by atoms with van der Waals surface area (Å²) < 4.78 is 0. The molecule has 2 rings (SSSR count). The molecule has 0 heterocycles. The molecule has 0 bridgehead atoms. The zero-order chi connectivity index (χ0) is 12.3. The lowest BCUT2D eigenvalue weighted by Gasteiger charge is -2.16. The summed E-state index contributed by atoms with van der Waals surface area (Å²) in [5.41, 5.74) is 0.916. The fourth-order valence-corrected chi connectivity index (χ4v) is 2.82. The molecule has 90 valence electrons. The van der Waals surface area contributed by atoms with Crippen LogP contribution >= 0.6 is 23.2 Å². The molecule has 1 aromatic rings. The lowest BCUT2D eigenvalue weighted by Crippen LogP contribution is -2.31. The van der Waals surface area contributed by atoms with Gasteiger partial charge in [0.1, 0.15) is 0 Å². The van der Waals surface area contributed by atoms with Gasteiger partial charge in [-0.3, -0.25) is 0 Å². The Labute approximate surface area is 112 Å². The fourth-order valence-electron chi connectivity index (χ4n) is 2.29. The molecule has 0 amide bonds. The molecule has 1 aromatic carbocycles. The van der Waals surface area contributed by atoms with Crippen LogP contribution in [0.2, 0.25) is 10.0 Å². The molecule has 0 radical (unpaired) electrons. The van der Waals surface area contributed by atoms with Crippen molar-refractivity contribution in [2.45, 2.75) is 31.8 Å². The van der Waals surface area contributed by atoms with Crippen LogP contribution in [0.5, 0.6) is 0 Å². The summed E-state index contributed by atoms with van der Waals surface area (Å²) in [7, 11) is 0. The molecule has 1 aliphatic carbocycles. The molecule has 2 nitrogen and oxygen atoms in total. The number of nitrogens with one attached hydrogen (secondary N) is 1. The van der Waals surface area contributed by atoms with Crippen LogP contribution in [-0.2, 0) is 6.54 Å². The van der Waals surface area contributed by atoms with Gasteiger partial charge in [-0.05, 0) is 25.0 Å². The van der Waals surface area contributed by atoms with Crippen molar-refractivity contribution in [1.82, 2.24) is 5.32 Å². The lowest BCUT2D eigenvalue weighted by molar-refractivity contribution is 0.464. The van der Waals surface area contributed by atoms with Gasteiger partial charge in [0.15, 0.2) is 0 Å². The van der Waals surface area contributed by atoms with E-state index >= 15 is 0 Å². The Balaban J connectivity index is 2.01. The second-order valence-corrected chi connectivity index (χ2v) is 5.17. The maximum absolute atomic E-state index is 9.00. The molecule has 0 aliphatic heterocycles. The van der Waals surface area contributed by atoms with Gasteiger partial charge in [0.25, 0.3) is 0 Å². The Morgan fingerprint density at radius 2 is 2.00 bits per heavy atom. The summed E-state index contributed by atoms with van der Waals surface area (Å²) in [6.45, 7) is 0.626. The Morgan fingerprint density at radius 3 is 2.65 bits per heavy atom. The number of hydrogen-bond donors (Lipinski definition) is 1. The molecular weight excluding hydrogens is 255 g/mol. The molecule has 2 atom stereocenters. The molecule has 1 saturated carbocycles. The minimum absolute atomic E-state index is 0.122. The van der Waals surface area contributed by atoms with Crippen LogP contribution in [0.4, 0.5) is 0 Å². The lowest BCUT2D eigenvalue weighted by atomic mass is 10.1. The van der Waals surface area contributed by atoms with Crippen LogP contribution in [0.1, 0.15) is 24.8 Å². The molecule has 2 unspecified atom stereocenters. The second-order valence-electron chi connectivity index (χ2n) is 4.35. The van der Waals surface area contributed by atoms with Crippen molar-refractivity contribution in [2.24, 2.45) is 5.92 Å². The van der Waals surface area contributed by atoms with Crippen molar-refractivity contribution in [1.29, 1.82) is 5.26 Å². The quantitative estimate of drug-likeness (QED) is 0.906. The van der Waals surface area contributed by atoms with E-state index in [1.807, 2.05) is 18.2 Å². The first kappa shape index (κ1) is 12.7. The van der Waals surface area contributed by atoms with Crippen molar-refractivity contribution in [3.63, 3.8) is 0 Å². The SMILES string of the molecule is N#CC1CCCC1NCc1c(Cl)cccc1Cl. The first-order valence-electron chi connectivity index (χ1n) is 5.78. The number of halogens is 2. The van der Waals surface area contributed by atoms with Gasteiger partial charge in [0, 0.05) is 28.2 Å². The molecule has 4 heteroatoms. The monoisotopic (exact) mass is 268 g/mol. The molecule has 1 N–H and O–H groups in total. The zero-order valence-electron chi connectivity index (χ0n) is 9.42. The first-order chi connectivity index (χ1) is 8.22. The maximum Gasteiger partial charge on any atom is 0.0672 e. The van der Waals surface area contributed by atoms with Crippen molar-refractivity contribution < 1.29 is 0 Å². The van der Waals surface area contributed by atoms with Crippen LogP contribution in [0, 0.1) is 17.2 Å². The van der Waals surface area contributed by atoms with Gasteiger partial charge in [-0.15, -0.1) is 0 Å². The van der Waals surface area contributed by atoms with Crippen molar-refractivity contribution in [3.8, 4) is 6.07 Å². The topological polar surface area (TPSA) is 35.8 Å². The summed E-state index contributed by atoms with van der Waals surface area (Å²) in [5, 5.41) is 13.7. The Kier molecular flexibility index (Phi) is 4.28. The van der Waals surface area contributed by atoms with Crippen LogP contribution in [0.3, 0.4) is 0 Å². The van der Waals surface area contributed by atoms with E-state index in [2.05, 4.69) is 11.4 Å². The predicted molar refractivity (Wildman–Crippen MR) is 70.0 cm³/mol. The fraction of sp³-hybridized carbons (Fsp3) is 0.462. The van der Waals surface area contributed by atoms with E-state index in [4.69, 9.17) is 28.5 Å². The summed E-state index contributed by atoms with van der Waals surface area (Å²) in [5.74, 6) is 0.122. The second kappa shape index (κ2) is 5.73. The third-order valence-corrected chi connectivity index (χ3v) is 3.99. The molecule has 0 aromatic heterocycles. The Morgan fingerprint density at radius 1 is 1.29 bits per heavy atom. The van der Waals surface area contributed by atoms with Gasteiger partial charge in [-0.1, -0.05) is 35.7 Å². The van der Waals surface area contributed by atoms with Crippen molar-refractivity contribution in [3.05, 3.63) is 33.8 Å². The molecule has 1 fully saturated rings. The Bertz CT molecular complexity index is 419. The first-order valence-corrected chi connectivity index (χ1v) is 6.54. The number of nitrogens with zero attached hydrogens (tertiary/aromatic N) is 1. The van der Waals surface area contributed by atoms with E-state index in [-0.39, 0.29) is 12.0 Å². The van der Waals surface area contributed by atoms with E-state index in [1.54, 1.807) is 0 Å². The highest BCUT2D eigenvalue weighted by Crippen LogP contribution is 2.27. The van der Waals surface area contributed by atoms with Gasteiger partial charge in [-0.25, -0.2) is 0 Å². The van der Waals surface area contributed by atoms with Gasteiger partial charge in [-0.2, -0.15) is 5.26 Å².